The number of nitrogens with one attached hydrogen (secondary N) is 1. The Balaban J connectivity index is 1.46. The van der Waals surface area contributed by atoms with Gasteiger partial charge >= 0.3 is 0 Å². The van der Waals surface area contributed by atoms with Crippen LogP contribution in [0.2, 0.25) is 0 Å². The average molecular weight is 305 g/mol. The number of para-hydroxylation sites is 1. The summed E-state index contributed by atoms with van der Waals surface area (Å²) in [7, 11) is 0. The lowest BCUT2D eigenvalue weighted by atomic mass is 10.1. The van der Waals surface area contributed by atoms with Crippen molar-refractivity contribution in [1.29, 1.82) is 0 Å². The third-order valence-electron chi connectivity index (χ3n) is 4.49. The van der Waals surface area contributed by atoms with Gasteiger partial charge in [-0.05, 0) is 35.7 Å². The number of aromatic nitrogens is 1. The van der Waals surface area contributed by atoms with Crippen molar-refractivity contribution in [1.82, 2.24) is 9.88 Å². The SMILES string of the molecule is O=C(c1ccc2cc[nH]c2c1)N1CCN(c2ccccc2)CC1. The molecule has 0 atom stereocenters. The van der Waals surface area contributed by atoms with Gasteiger partial charge in [0.15, 0.2) is 0 Å². The molecule has 1 aromatic heterocycles. The standard InChI is InChI=1S/C19H19N3O/c23-19(16-7-6-15-8-9-20-18(15)14-16)22-12-10-21(11-13-22)17-4-2-1-3-5-17/h1-9,14,20H,10-13H2. The third-order valence-corrected chi connectivity index (χ3v) is 4.49. The molecule has 0 saturated carbocycles. The molecule has 4 rings (SSSR count). The largest absolute Gasteiger partial charge is 0.368 e. The van der Waals surface area contributed by atoms with E-state index in [1.807, 2.05) is 41.4 Å². The highest BCUT2D eigenvalue weighted by Crippen LogP contribution is 2.19. The second-order valence-corrected chi connectivity index (χ2v) is 5.89. The van der Waals surface area contributed by atoms with E-state index in [2.05, 4.69) is 34.1 Å². The lowest BCUT2D eigenvalue weighted by Gasteiger charge is -2.36. The summed E-state index contributed by atoms with van der Waals surface area (Å²) in [6, 6.07) is 18.3. The Bertz CT molecular complexity index is 817. The first-order valence-electron chi connectivity index (χ1n) is 7.98. The van der Waals surface area contributed by atoms with Crippen LogP contribution in [0, 0.1) is 0 Å². The number of hydrogen-bond acceptors (Lipinski definition) is 2. The highest BCUT2D eigenvalue weighted by atomic mass is 16.2. The summed E-state index contributed by atoms with van der Waals surface area (Å²) in [5, 5.41) is 1.13. The molecule has 4 heteroatoms. The van der Waals surface area contributed by atoms with Crippen LogP contribution in [0.15, 0.2) is 60.8 Å². The van der Waals surface area contributed by atoms with Gasteiger partial charge in [0.25, 0.3) is 5.91 Å². The van der Waals surface area contributed by atoms with E-state index in [9.17, 15) is 4.79 Å². The van der Waals surface area contributed by atoms with Gasteiger partial charge in [0.05, 0.1) is 0 Å². The van der Waals surface area contributed by atoms with Gasteiger partial charge in [-0.25, -0.2) is 0 Å². The minimum atomic E-state index is 0.120. The fourth-order valence-electron chi connectivity index (χ4n) is 3.17. The van der Waals surface area contributed by atoms with E-state index in [4.69, 9.17) is 0 Å². The molecule has 23 heavy (non-hydrogen) atoms. The molecule has 0 spiro atoms. The molecule has 4 nitrogen and oxygen atoms in total. The number of fused-ring (bicyclic) bond motifs is 1. The Morgan fingerprint density at radius 2 is 1.70 bits per heavy atom. The van der Waals surface area contributed by atoms with Crippen molar-refractivity contribution in [2.45, 2.75) is 0 Å². The minimum absolute atomic E-state index is 0.120. The Morgan fingerprint density at radius 1 is 0.913 bits per heavy atom. The number of benzene rings is 2. The van der Waals surface area contributed by atoms with Gasteiger partial charge < -0.3 is 14.8 Å². The molecular weight excluding hydrogens is 286 g/mol. The molecule has 1 fully saturated rings. The molecule has 116 valence electrons. The molecule has 1 N–H and O–H groups in total. The van der Waals surface area contributed by atoms with Crippen molar-refractivity contribution in [3.8, 4) is 0 Å². The fourth-order valence-corrected chi connectivity index (χ4v) is 3.17. The Labute approximate surface area is 135 Å². The fraction of sp³-hybridized carbons (Fsp3) is 0.211. The highest BCUT2D eigenvalue weighted by molar-refractivity contribution is 5.98. The van der Waals surface area contributed by atoms with E-state index < -0.39 is 0 Å². The first-order valence-corrected chi connectivity index (χ1v) is 7.98. The van der Waals surface area contributed by atoms with Crippen molar-refractivity contribution >= 4 is 22.5 Å². The summed E-state index contributed by atoms with van der Waals surface area (Å²) >= 11 is 0. The topological polar surface area (TPSA) is 39.3 Å². The number of anilines is 1. The minimum Gasteiger partial charge on any atom is -0.368 e. The zero-order valence-electron chi connectivity index (χ0n) is 12.9. The third kappa shape index (κ3) is 2.68. The summed E-state index contributed by atoms with van der Waals surface area (Å²) in [4.78, 5) is 20.1. The molecule has 0 unspecified atom stereocenters. The van der Waals surface area contributed by atoms with Crippen LogP contribution < -0.4 is 4.90 Å². The number of nitrogens with zero attached hydrogens (tertiary/aromatic N) is 2. The summed E-state index contributed by atoms with van der Waals surface area (Å²) in [6.07, 6.45) is 1.90. The van der Waals surface area contributed by atoms with Gasteiger partial charge in [0, 0.05) is 49.1 Å². The molecule has 1 aliphatic rings. The second-order valence-electron chi connectivity index (χ2n) is 5.89. The van der Waals surface area contributed by atoms with Gasteiger partial charge in [0.2, 0.25) is 0 Å². The number of carbonyl (C=O) groups excluding carboxylic acids is 1. The van der Waals surface area contributed by atoms with Gasteiger partial charge in [-0.1, -0.05) is 24.3 Å². The van der Waals surface area contributed by atoms with Crippen LogP contribution >= 0.6 is 0 Å². The smallest absolute Gasteiger partial charge is 0.254 e. The number of amides is 1. The predicted molar refractivity (Wildman–Crippen MR) is 92.9 cm³/mol. The molecule has 1 aliphatic heterocycles. The second kappa shape index (κ2) is 5.80. The van der Waals surface area contributed by atoms with Crippen molar-refractivity contribution in [3.05, 3.63) is 66.4 Å². The van der Waals surface area contributed by atoms with Crippen LogP contribution in [0.1, 0.15) is 10.4 Å². The molecule has 0 bridgehead atoms. The predicted octanol–water partition coefficient (Wildman–Crippen LogP) is 3.13. The first kappa shape index (κ1) is 13.9. The van der Waals surface area contributed by atoms with E-state index in [0.29, 0.717) is 0 Å². The summed E-state index contributed by atoms with van der Waals surface area (Å²) in [5.74, 6) is 0.120. The number of carbonyl (C=O) groups is 1. The molecule has 2 aromatic carbocycles. The molecule has 1 amide bonds. The lowest BCUT2D eigenvalue weighted by molar-refractivity contribution is 0.0747. The van der Waals surface area contributed by atoms with Crippen LogP contribution in [-0.2, 0) is 0 Å². The van der Waals surface area contributed by atoms with Crippen LogP contribution in [0.3, 0.4) is 0 Å². The Hall–Kier alpha value is -2.75. The summed E-state index contributed by atoms with van der Waals surface area (Å²) < 4.78 is 0. The van der Waals surface area contributed by atoms with Crippen LogP contribution in [0.4, 0.5) is 5.69 Å². The number of H-pyrrole nitrogens is 1. The van der Waals surface area contributed by atoms with Crippen molar-refractivity contribution < 1.29 is 4.79 Å². The molecule has 0 aliphatic carbocycles. The van der Waals surface area contributed by atoms with E-state index in [1.165, 1.54) is 5.69 Å². The molecule has 0 radical (unpaired) electrons. The lowest BCUT2D eigenvalue weighted by Crippen LogP contribution is -2.48. The molecular formula is C19H19N3O. The van der Waals surface area contributed by atoms with Crippen molar-refractivity contribution in [2.75, 3.05) is 31.1 Å². The van der Waals surface area contributed by atoms with Crippen LogP contribution in [-0.4, -0.2) is 42.0 Å². The maximum atomic E-state index is 12.7. The number of rotatable bonds is 2. The number of hydrogen-bond donors (Lipinski definition) is 1. The zero-order valence-corrected chi connectivity index (χ0v) is 12.9. The van der Waals surface area contributed by atoms with E-state index in [-0.39, 0.29) is 5.91 Å². The van der Waals surface area contributed by atoms with Gasteiger partial charge in [-0.15, -0.1) is 0 Å². The van der Waals surface area contributed by atoms with Gasteiger partial charge in [-0.3, -0.25) is 4.79 Å². The molecule has 2 heterocycles. The van der Waals surface area contributed by atoms with Gasteiger partial charge in [0.1, 0.15) is 0 Å². The first-order chi connectivity index (χ1) is 11.3. The molecule has 3 aromatic rings. The number of piperazine rings is 1. The van der Waals surface area contributed by atoms with E-state index >= 15 is 0 Å². The maximum absolute atomic E-state index is 12.7. The Kier molecular flexibility index (Phi) is 3.50. The van der Waals surface area contributed by atoms with E-state index in [1.54, 1.807) is 0 Å². The maximum Gasteiger partial charge on any atom is 0.254 e. The van der Waals surface area contributed by atoms with Gasteiger partial charge in [-0.2, -0.15) is 0 Å². The van der Waals surface area contributed by atoms with Crippen molar-refractivity contribution in [2.24, 2.45) is 0 Å². The van der Waals surface area contributed by atoms with Crippen LogP contribution in [0.25, 0.3) is 10.9 Å². The van der Waals surface area contributed by atoms with E-state index in [0.717, 1.165) is 42.6 Å². The van der Waals surface area contributed by atoms with Crippen molar-refractivity contribution in [3.63, 3.8) is 0 Å². The normalized spacial score (nSPS) is 15.1. The number of aromatic amines is 1. The zero-order chi connectivity index (χ0) is 15.6. The average Bonchev–Trinajstić information content (AvgIpc) is 3.10. The summed E-state index contributed by atoms with van der Waals surface area (Å²) in [5.41, 5.74) is 3.00. The summed E-state index contributed by atoms with van der Waals surface area (Å²) in [6.45, 7) is 3.27. The molecule has 1 saturated heterocycles. The Morgan fingerprint density at radius 3 is 2.48 bits per heavy atom. The monoisotopic (exact) mass is 305 g/mol. The van der Waals surface area contributed by atoms with Crippen LogP contribution in [0.5, 0.6) is 0 Å². The quantitative estimate of drug-likeness (QED) is 0.790. The highest BCUT2D eigenvalue weighted by Gasteiger charge is 2.22.